The van der Waals surface area contributed by atoms with Crippen LogP contribution in [0.4, 0.5) is 0 Å². The minimum Gasteiger partial charge on any atom is -1.00 e. The van der Waals surface area contributed by atoms with Crippen LogP contribution in [0, 0.1) is 0 Å². The van der Waals surface area contributed by atoms with Crippen LogP contribution in [0.25, 0.3) is 0 Å². The summed E-state index contributed by atoms with van der Waals surface area (Å²) in [5.41, 5.74) is 12.4. The molecule has 0 saturated carbocycles. The van der Waals surface area contributed by atoms with Crippen molar-refractivity contribution < 1.29 is 44.0 Å². The molecular formula is C10H17N2NaO3S. The van der Waals surface area contributed by atoms with Crippen LogP contribution in [0.3, 0.4) is 0 Å². The quantitative estimate of drug-likeness (QED) is 0.391. The van der Waals surface area contributed by atoms with Crippen LogP contribution in [0.15, 0.2) is 23.1 Å². The van der Waals surface area contributed by atoms with Crippen molar-refractivity contribution in [2.24, 2.45) is 11.5 Å². The summed E-state index contributed by atoms with van der Waals surface area (Å²) in [4.78, 5) is -0.0955. The van der Waals surface area contributed by atoms with E-state index in [-0.39, 0.29) is 35.9 Å². The van der Waals surface area contributed by atoms with Crippen LogP contribution >= 0.6 is 0 Å². The number of hydrogen-bond acceptors (Lipinski definition) is 4. The molecule has 0 unspecified atom stereocenters. The third-order valence-electron chi connectivity index (χ3n) is 2.19. The van der Waals surface area contributed by atoms with Gasteiger partial charge in [0, 0.05) is 0 Å². The first-order valence-electron chi connectivity index (χ1n) is 4.98. The molecule has 7 heteroatoms. The molecular weight excluding hydrogens is 251 g/mol. The van der Waals surface area contributed by atoms with E-state index in [1.807, 2.05) is 6.07 Å². The summed E-state index contributed by atoms with van der Waals surface area (Å²) in [6.45, 7) is 0.855. The van der Waals surface area contributed by atoms with Crippen LogP contribution in [0.2, 0.25) is 0 Å². The zero-order chi connectivity index (χ0) is 12.2. The fourth-order valence-electron chi connectivity index (χ4n) is 1.50. The van der Waals surface area contributed by atoms with Gasteiger partial charge in [-0.15, -0.1) is 0 Å². The van der Waals surface area contributed by atoms with Crippen molar-refractivity contribution in [1.29, 1.82) is 0 Å². The van der Waals surface area contributed by atoms with Crippen molar-refractivity contribution in [3.8, 4) is 0 Å². The van der Waals surface area contributed by atoms with Gasteiger partial charge >= 0.3 is 29.6 Å². The van der Waals surface area contributed by atoms with E-state index in [4.69, 9.17) is 16.0 Å². The molecule has 0 radical (unpaired) electrons. The van der Waals surface area contributed by atoms with Gasteiger partial charge < -0.3 is 12.9 Å². The zero-order valence-corrected chi connectivity index (χ0v) is 12.7. The molecule has 17 heavy (non-hydrogen) atoms. The first-order valence-corrected chi connectivity index (χ1v) is 6.42. The smallest absolute Gasteiger partial charge is 1.00 e. The maximum absolute atomic E-state index is 11.0. The summed E-state index contributed by atoms with van der Waals surface area (Å²) in [5.74, 6) is 0. The summed E-state index contributed by atoms with van der Waals surface area (Å²) < 4.78 is 31.1. The third kappa shape index (κ3) is 5.48. The molecule has 0 aliphatic rings. The van der Waals surface area contributed by atoms with Gasteiger partial charge in [-0.1, -0.05) is 6.07 Å². The number of benzene rings is 1. The zero-order valence-electron chi connectivity index (χ0n) is 10.9. The van der Waals surface area contributed by atoms with E-state index in [0.29, 0.717) is 25.9 Å². The van der Waals surface area contributed by atoms with Gasteiger partial charge in [-0.05, 0) is 49.2 Å². The maximum atomic E-state index is 11.0. The first-order chi connectivity index (χ1) is 7.47. The largest absolute Gasteiger partial charge is 1.00 e. The van der Waals surface area contributed by atoms with Gasteiger partial charge in [-0.2, -0.15) is 8.42 Å². The second kappa shape index (κ2) is 7.48. The fraction of sp³-hybridized carbons (Fsp3) is 0.400. The summed E-state index contributed by atoms with van der Waals surface area (Å²) >= 11 is 0. The molecule has 0 bridgehead atoms. The second-order valence-electron chi connectivity index (χ2n) is 3.54. The average Bonchev–Trinajstić information content (AvgIpc) is 2.17. The molecule has 5 N–H and O–H groups in total. The van der Waals surface area contributed by atoms with E-state index in [9.17, 15) is 8.42 Å². The van der Waals surface area contributed by atoms with Crippen molar-refractivity contribution in [2.75, 3.05) is 13.1 Å². The summed E-state index contributed by atoms with van der Waals surface area (Å²) in [6.07, 6.45) is 1.14. The molecule has 5 nitrogen and oxygen atoms in total. The van der Waals surface area contributed by atoms with E-state index >= 15 is 0 Å². The Kier molecular flexibility index (Phi) is 7.50. The SMILES string of the molecule is NCCc1cc(CCN)cc(S(=O)(=O)O)c1.[H-].[Na+]. The Morgan fingerprint density at radius 3 is 1.76 bits per heavy atom. The molecule has 0 heterocycles. The van der Waals surface area contributed by atoms with Crippen LogP contribution in [0.5, 0.6) is 0 Å². The normalized spacial score (nSPS) is 11.0. The fourth-order valence-corrected chi connectivity index (χ4v) is 2.10. The number of nitrogens with two attached hydrogens (primary N) is 2. The summed E-state index contributed by atoms with van der Waals surface area (Å²) in [7, 11) is -4.17. The van der Waals surface area contributed by atoms with E-state index in [1.54, 1.807) is 0 Å². The van der Waals surface area contributed by atoms with Crippen molar-refractivity contribution >= 4 is 10.1 Å². The van der Waals surface area contributed by atoms with Gasteiger partial charge in [0.05, 0.1) is 4.90 Å². The first kappa shape index (κ1) is 17.1. The predicted octanol–water partition coefficient (Wildman–Crippen LogP) is -2.95. The molecule has 0 aliphatic heterocycles. The Morgan fingerprint density at radius 1 is 1.06 bits per heavy atom. The molecule has 1 rings (SSSR count). The Morgan fingerprint density at radius 2 is 1.47 bits per heavy atom. The summed E-state index contributed by atoms with van der Waals surface area (Å²) in [6, 6.07) is 4.72. The molecule has 92 valence electrons. The van der Waals surface area contributed by atoms with E-state index in [0.717, 1.165) is 11.1 Å². The topological polar surface area (TPSA) is 106 Å². The van der Waals surface area contributed by atoms with Crippen molar-refractivity contribution in [3.05, 3.63) is 29.3 Å². The molecule has 1 aromatic rings. The van der Waals surface area contributed by atoms with Crippen LogP contribution in [0.1, 0.15) is 12.6 Å². The Bertz CT molecular complexity index is 444. The molecule has 0 amide bonds. The Labute approximate surface area is 125 Å². The number of hydrogen-bond donors (Lipinski definition) is 3. The van der Waals surface area contributed by atoms with Gasteiger partial charge in [0.1, 0.15) is 0 Å². The van der Waals surface area contributed by atoms with Gasteiger partial charge in [0.15, 0.2) is 0 Å². The van der Waals surface area contributed by atoms with Gasteiger partial charge in [0.25, 0.3) is 10.1 Å². The van der Waals surface area contributed by atoms with Crippen LogP contribution in [-0.2, 0) is 23.0 Å². The molecule has 0 atom stereocenters. The average molecular weight is 268 g/mol. The van der Waals surface area contributed by atoms with Gasteiger partial charge in [0.2, 0.25) is 0 Å². The summed E-state index contributed by atoms with van der Waals surface area (Å²) in [5, 5.41) is 0. The van der Waals surface area contributed by atoms with Crippen LogP contribution in [-0.4, -0.2) is 26.1 Å². The maximum Gasteiger partial charge on any atom is 1.00 e. The van der Waals surface area contributed by atoms with E-state index in [2.05, 4.69) is 0 Å². The Balaban J connectivity index is 0. The third-order valence-corrected chi connectivity index (χ3v) is 3.02. The molecule has 0 aliphatic carbocycles. The van der Waals surface area contributed by atoms with Crippen molar-refractivity contribution in [1.82, 2.24) is 0 Å². The standard InChI is InChI=1S/C10H16N2O3S.Na.H/c11-3-1-8-5-9(2-4-12)7-10(6-8)16(13,14)15;;/h5-7H,1-4,11-12H2,(H,13,14,15);;/q;+1;-1. The molecule has 0 fully saturated rings. The van der Waals surface area contributed by atoms with Crippen LogP contribution < -0.4 is 41.0 Å². The molecule has 0 saturated heterocycles. The van der Waals surface area contributed by atoms with Crippen molar-refractivity contribution in [2.45, 2.75) is 17.7 Å². The molecule has 1 aromatic carbocycles. The second-order valence-corrected chi connectivity index (χ2v) is 4.96. The monoisotopic (exact) mass is 268 g/mol. The minimum absolute atomic E-state index is 0. The van der Waals surface area contributed by atoms with E-state index < -0.39 is 10.1 Å². The Hall–Kier alpha value is 0.0500. The minimum atomic E-state index is -4.17. The number of rotatable bonds is 5. The van der Waals surface area contributed by atoms with Crippen molar-refractivity contribution in [3.63, 3.8) is 0 Å². The predicted molar refractivity (Wildman–Crippen MR) is 62.9 cm³/mol. The van der Waals surface area contributed by atoms with Gasteiger partial charge in [-0.3, -0.25) is 4.55 Å². The molecule has 0 aromatic heterocycles. The molecule has 0 spiro atoms. The van der Waals surface area contributed by atoms with E-state index in [1.165, 1.54) is 12.1 Å². The van der Waals surface area contributed by atoms with Gasteiger partial charge in [-0.25, -0.2) is 0 Å².